The summed E-state index contributed by atoms with van der Waals surface area (Å²) >= 11 is 0. The van der Waals surface area contributed by atoms with Crippen LogP contribution in [-0.2, 0) is 0 Å². The van der Waals surface area contributed by atoms with Crippen LogP contribution in [0, 0.1) is 11.6 Å². The van der Waals surface area contributed by atoms with Crippen LogP contribution in [0.15, 0.2) is 36.4 Å². The van der Waals surface area contributed by atoms with Gasteiger partial charge in [-0.05, 0) is 18.2 Å². The van der Waals surface area contributed by atoms with Gasteiger partial charge < -0.3 is 10.8 Å². The Balaban J connectivity index is 2.64. The maximum absolute atomic E-state index is 13.8. The quantitative estimate of drug-likeness (QED) is 0.804. The highest BCUT2D eigenvalue weighted by atomic mass is 19.1. The van der Waals surface area contributed by atoms with E-state index in [0.29, 0.717) is 17.3 Å². The number of aromatic carboxylic acids is 1. The molecule has 0 heterocycles. The summed E-state index contributed by atoms with van der Waals surface area (Å²) in [5, 5.41) is 8.67. The lowest BCUT2D eigenvalue weighted by Crippen LogP contribution is -2.03. The number of hydrogen-bond acceptors (Lipinski definition) is 2. The van der Waals surface area contributed by atoms with E-state index >= 15 is 0 Å². The molecular formula is C13H9F2NO2. The lowest BCUT2D eigenvalue weighted by atomic mass is 10.0. The highest BCUT2D eigenvalue weighted by molar-refractivity contribution is 5.89. The molecule has 0 aromatic heterocycles. The first-order valence-electron chi connectivity index (χ1n) is 5.08. The predicted octanol–water partition coefficient (Wildman–Crippen LogP) is 2.91. The van der Waals surface area contributed by atoms with E-state index in [2.05, 4.69) is 0 Å². The Labute approximate surface area is 101 Å². The van der Waals surface area contributed by atoms with Gasteiger partial charge in [-0.1, -0.05) is 18.2 Å². The van der Waals surface area contributed by atoms with E-state index in [-0.39, 0.29) is 5.56 Å². The number of carbonyl (C=O) groups is 1. The molecule has 3 nitrogen and oxygen atoms in total. The van der Waals surface area contributed by atoms with E-state index in [0.717, 1.165) is 6.07 Å². The van der Waals surface area contributed by atoms with Crippen molar-refractivity contribution in [3.63, 3.8) is 0 Å². The monoisotopic (exact) mass is 249 g/mol. The molecule has 0 saturated heterocycles. The van der Waals surface area contributed by atoms with Gasteiger partial charge in [-0.15, -0.1) is 0 Å². The zero-order chi connectivity index (χ0) is 13.3. The third-order valence-corrected chi connectivity index (χ3v) is 2.54. The second-order valence-electron chi connectivity index (χ2n) is 3.70. The average molecular weight is 249 g/mol. The van der Waals surface area contributed by atoms with E-state index < -0.39 is 23.2 Å². The molecular weight excluding hydrogens is 240 g/mol. The molecule has 0 spiro atoms. The van der Waals surface area contributed by atoms with Crippen molar-refractivity contribution in [2.45, 2.75) is 0 Å². The van der Waals surface area contributed by atoms with Crippen LogP contribution in [0.25, 0.3) is 11.1 Å². The van der Waals surface area contributed by atoms with Crippen molar-refractivity contribution in [1.82, 2.24) is 0 Å². The summed E-state index contributed by atoms with van der Waals surface area (Å²) in [5.74, 6) is -3.34. The molecule has 92 valence electrons. The third kappa shape index (κ3) is 2.02. The van der Waals surface area contributed by atoms with Crippen molar-refractivity contribution < 1.29 is 18.7 Å². The number of carboxylic acid groups (broad SMARTS) is 1. The Kier molecular flexibility index (Phi) is 2.97. The minimum Gasteiger partial charge on any atom is -0.478 e. The zero-order valence-corrected chi connectivity index (χ0v) is 9.15. The number of para-hydroxylation sites is 1. The van der Waals surface area contributed by atoms with E-state index in [1.807, 2.05) is 0 Å². The topological polar surface area (TPSA) is 63.3 Å². The lowest BCUT2D eigenvalue weighted by molar-refractivity contribution is 0.0691. The molecule has 0 aliphatic heterocycles. The molecule has 5 heteroatoms. The smallest absolute Gasteiger partial charge is 0.338 e. The minimum absolute atomic E-state index is 0.0596. The predicted molar refractivity (Wildman–Crippen MR) is 63.2 cm³/mol. The molecule has 2 rings (SSSR count). The molecule has 0 amide bonds. The Morgan fingerprint density at radius 1 is 1.06 bits per heavy atom. The minimum atomic E-state index is -1.51. The number of nitrogens with two attached hydrogens (primary N) is 1. The van der Waals surface area contributed by atoms with Crippen LogP contribution in [0.5, 0.6) is 0 Å². The summed E-state index contributed by atoms with van der Waals surface area (Å²) < 4.78 is 27.3. The van der Waals surface area contributed by atoms with E-state index in [1.54, 1.807) is 18.2 Å². The Morgan fingerprint density at radius 3 is 2.33 bits per heavy atom. The fourth-order valence-corrected chi connectivity index (χ4v) is 1.66. The summed E-state index contributed by atoms with van der Waals surface area (Å²) in [6.45, 7) is 0. The molecule has 0 aliphatic rings. The summed E-state index contributed by atoms with van der Waals surface area (Å²) in [6.07, 6.45) is 0. The average Bonchev–Trinajstić information content (AvgIpc) is 2.32. The molecule has 0 aliphatic carbocycles. The maximum Gasteiger partial charge on any atom is 0.338 e. The molecule has 3 N–H and O–H groups in total. The highest BCUT2D eigenvalue weighted by Crippen LogP contribution is 2.29. The highest BCUT2D eigenvalue weighted by Gasteiger charge is 2.17. The number of anilines is 1. The van der Waals surface area contributed by atoms with Crippen LogP contribution in [-0.4, -0.2) is 11.1 Å². The normalized spacial score (nSPS) is 10.3. The molecule has 0 bridgehead atoms. The summed E-state index contributed by atoms with van der Waals surface area (Å²) in [6, 6.07) is 7.88. The van der Waals surface area contributed by atoms with Crippen molar-refractivity contribution in [2.75, 3.05) is 5.73 Å². The first-order chi connectivity index (χ1) is 8.50. The molecule has 2 aromatic rings. The number of carboxylic acids is 1. The third-order valence-electron chi connectivity index (χ3n) is 2.54. The Morgan fingerprint density at radius 2 is 1.72 bits per heavy atom. The Hall–Kier alpha value is -2.43. The van der Waals surface area contributed by atoms with Crippen molar-refractivity contribution in [2.24, 2.45) is 0 Å². The fraction of sp³-hybridized carbons (Fsp3) is 0. The van der Waals surface area contributed by atoms with Crippen LogP contribution < -0.4 is 5.73 Å². The molecule has 2 aromatic carbocycles. The summed E-state index contributed by atoms with van der Waals surface area (Å²) in [4.78, 5) is 10.7. The van der Waals surface area contributed by atoms with Crippen LogP contribution >= 0.6 is 0 Å². The maximum atomic E-state index is 13.8. The number of halogens is 2. The van der Waals surface area contributed by atoms with Gasteiger partial charge in [0.1, 0.15) is 11.6 Å². The van der Waals surface area contributed by atoms with E-state index in [4.69, 9.17) is 10.8 Å². The van der Waals surface area contributed by atoms with Crippen LogP contribution in [0.4, 0.5) is 14.5 Å². The van der Waals surface area contributed by atoms with Gasteiger partial charge >= 0.3 is 5.97 Å². The van der Waals surface area contributed by atoms with Gasteiger partial charge in [-0.3, -0.25) is 0 Å². The SMILES string of the molecule is Nc1ccccc1-c1cc(F)c(C(=O)O)cc1F. The van der Waals surface area contributed by atoms with Gasteiger partial charge in [0.2, 0.25) is 0 Å². The van der Waals surface area contributed by atoms with Crippen molar-refractivity contribution in [3.8, 4) is 11.1 Å². The van der Waals surface area contributed by atoms with Crippen LogP contribution in [0.3, 0.4) is 0 Å². The standard InChI is InChI=1S/C13H9F2NO2/c14-10-6-9(13(17)18)11(15)5-8(10)7-3-1-2-4-12(7)16/h1-6H,16H2,(H,17,18). The largest absolute Gasteiger partial charge is 0.478 e. The lowest BCUT2D eigenvalue weighted by Gasteiger charge is -2.08. The molecule has 0 atom stereocenters. The first-order valence-corrected chi connectivity index (χ1v) is 5.08. The fourth-order valence-electron chi connectivity index (χ4n) is 1.66. The second kappa shape index (κ2) is 4.44. The number of hydrogen-bond donors (Lipinski definition) is 2. The van der Waals surface area contributed by atoms with Gasteiger partial charge in [-0.25, -0.2) is 13.6 Å². The Bertz CT molecular complexity index is 626. The summed E-state index contributed by atoms with van der Waals surface area (Å²) in [5.41, 5.74) is 5.52. The number of rotatable bonds is 2. The zero-order valence-electron chi connectivity index (χ0n) is 9.15. The molecule has 18 heavy (non-hydrogen) atoms. The van der Waals surface area contributed by atoms with Gasteiger partial charge in [0.25, 0.3) is 0 Å². The van der Waals surface area contributed by atoms with Crippen LogP contribution in [0.1, 0.15) is 10.4 Å². The van der Waals surface area contributed by atoms with Gasteiger partial charge in [0.05, 0.1) is 5.56 Å². The molecule has 0 unspecified atom stereocenters. The van der Waals surface area contributed by atoms with Gasteiger partial charge in [0, 0.05) is 16.8 Å². The van der Waals surface area contributed by atoms with Crippen LogP contribution in [0.2, 0.25) is 0 Å². The molecule has 0 saturated carbocycles. The van der Waals surface area contributed by atoms with E-state index in [1.165, 1.54) is 6.07 Å². The second-order valence-corrected chi connectivity index (χ2v) is 3.70. The van der Waals surface area contributed by atoms with E-state index in [9.17, 15) is 13.6 Å². The number of benzene rings is 2. The van der Waals surface area contributed by atoms with Gasteiger partial charge in [-0.2, -0.15) is 0 Å². The summed E-state index contributed by atoms with van der Waals surface area (Å²) in [7, 11) is 0. The van der Waals surface area contributed by atoms with Crippen molar-refractivity contribution in [1.29, 1.82) is 0 Å². The van der Waals surface area contributed by atoms with Gasteiger partial charge in [0.15, 0.2) is 0 Å². The van der Waals surface area contributed by atoms with Crippen molar-refractivity contribution in [3.05, 3.63) is 53.6 Å². The number of nitrogen functional groups attached to an aromatic ring is 1. The van der Waals surface area contributed by atoms with Crippen molar-refractivity contribution >= 4 is 11.7 Å². The molecule has 0 radical (unpaired) electrons. The molecule has 0 fully saturated rings. The first kappa shape index (κ1) is 12.0.